The molecular formula is C19H19N3O3. The monoisotopic (exact) mass is 337 g/mol. The first-order valence-electron chi connectivity index (χ1n) is 7.63. The minimum absolute atomic E-state index is 0.174. The van der Waals surface area contributed by atoms with Gasteiger partial charge in [-0.25, -0.2) is 0 Å². The first-order valence-corrected chi connectivity index (χ1v) is 7.63. The van der Waals surface area contributed by atoms with Crippen LogP contribution in [0.1, 0.15) is 31.8 Å². The third-order valence-electron chi connectivity index (χ3n) is 3.60. The van der Waals surface area contributed by atoms with Crippen LogP contribution in [0.2, 0.25) is 0 Å². The third kappa shape index (κ3) is 4.54. The summed E-state index contributed by atoms with van der Waals surface area (Å²) in [6.45, 7) is 1.75. The van der Waals surface area contributed by atoms with Crippen molar-refractivity contribution in [2.45, 2.75) is 6.92 Å². The Bertz CT molecular complexity index is 839. The molecule has 0 aromatic heterocycles. The molecule has 0 aliphatic heterocycles. The zero-order valence-electron chi connectivity index (χ0n) is 14.0. The molecule has 0 bridgehead atoms. The van der Waals surface area contributed by atoms with Gasteiger partial charge in [0, 0.05) is 18.7 Å². The van der Waals surface area contributed by atoms with Gasteiger partial charge in [-0.3, -0.25) is 14.4 Å². The van der Waals surface area contributed by atoms with Gasteiger partial charge >= 0.3 is 0 Å². The Kier molecular flexibility index (Phi) is 5.68. The second kappa shape index (κ2) is 7.92. The van der Waals surface area contributed by atoms with Crippen molar-refractivity contribution in [2.24, 2.45) is 5.73 Å². The standard InChI is InChI=1S/C19H19N3O3/c1-12-4-3-5-15(17(12)18(20)24)22-16(23)11-8-13-6-9-14(10-7-13)19(25)21-2/h3-11H,1-2H3,(H2,20,24)(H,21,25)(H,22,23)/b11-8+. The Hall–Kier alpha value is -3.41. The normalized spacial score (nSPS) is 10.5. The fourth-order valence-corrected chi connectivity index (χ4v) is 2.34. The number of nitrogens with two attached hydrogens (primary N) is 1. The average Bonchev–Trinajstić information content (AvgIpc) is 2.59. The van der Waals surface area contributed by atoms with Crippen molar-refractivity contribution >= 4 is 29.5 Å². The van der Waals surface area contributed by atoms with Crippen LogP contribution in [0.4, 0.5) is 5.69 Å². The lowest BCUT2D eigenvalue weighted by Gasteiger charge is -2.09. The fourth-order valence-electron chi connectivity index (χ4n) is 2.34. The molecule has 0 saturated carbocycles. The lowest BCUT2D eigenvalue weighted by Crippen LogP contribution is -2.18. The average molecular weight is 337 g/mol. The van der Waals surface area contributed by atoms with Gasteiger partial charge in [0.05, 0.1) is 11.3 Å². The molecular weight excluding hydrogens is 318 g/mol. The van der Waals surface area contributed by atoms with E-state index in [1.807, 2.05) is 0 Å². The summed E-state index contributed by atoms with van der Waals surface area (Å²) in [6.07, 6.45) is 2.96. The van der Waals surface area contributed by atoms with Crippen molar-refractivity contribution in [1.29, 1.82) is 0 Å². The van der Waals surface area contributed by atoms with Crippen molar-refractivity contribution < 1.29 is 14.4 Å². The molecule has 2 rings (SSSR count). The molecule has 25 heavy (non-hydrogen) atoms. The Morgan fingerprint density at radius 1 is 1.04 bits per heavy atom. The number of hydrogen-bond acceptors (Lipinski definition) is 3. The highest BCUT2D eigenvalue weighted by Gasteiger charge is 2.12. The third-order valence-corrected chi connectivity index (χ3v) is 3.60. The maximum Gasteiger partial charge on any atom is 0.251 e. The summed E-state index contributed by atoms with van der Waals surface area (Å²) in [5.74, 6) is -1.16. The van der Waals surface area contributed by atoms with E-state index in [0.717, 1.165) is 5.56 Å². The van der Waals surface area contributed by atoms with Gasteiger partial charge in [0.1, 0.15) is 0 Å². The number of nitrogens with one attached hydrogen (secondary N) is 2. The molecule has 0 heterocycles. The molecule has 0 atom stereocenters. The van der Waals surface area contributed by atoms with E-state index in [1.165, 1.54) is 6.08 Å². The number of aryl methyl sites for hydroxylation is 1. The van der Waals surface area contributed by atoms with Crippen LogP contribution in [0.5, 0.6) is 0 Å². The van der Waals surface area contributed by atoms with Gasteiger partial charge in [0.15, 0.2) is 0 Å². The van der Waals surface area contributed by atoms with Gasteiger partial charge in [-0.15, -0.1) is 0 Å². The molecule has 0 aliphatic carbocycles. The predicted octanol–water partition coefficient (Wildman–Crippen LogP) is 2.11. The fraction of sp³-hybridized carbons (Fsp3) is 0.105. The van der Waals surface area contributed by atoms with Gasteiger partial charge in [0.2, 0.25) is 5.91 Å². The number of amides is 3. The van der Waals surface area contributed by atoms with E-state index >= 15 is 0 Å². The highest BCUT2D eigenvalue weighted by molar-refractivity contribution is 6.08. The van der Waals surface area contributed by atoms with E-state index in [4.69, 9.17) is 5.73 Å². The molecule has 6 heteroatoms. The highest BCUT2D eigenvalue weighted by Crippen LogP contribution is 2.19. The summed E-state index contributed by atoms with van der Waals surface area (Å²) in [6, 6.07) is 11.9. The Morgan fingerprint density at radius 2 is 1.72 bits per heavy atom. The number of rotatable bonds is 5. The van der Waals surface area contributed by atoms with Crippen LogP contribution in [0.3, 0.4) is 0 Å². The number of carbonyl (C=O) groups is 3. The maximum atomic E-state index is 12.1. The molecule has 2 aromatic rings. The van der Waals surface area contributed by atoms with Crippen LogP contribution in [-0.2, 0) is 4.79 Å². The van der Waals surface area contributed by atoms with Crippen molar-refractivity contribution in [2.75, 3.05) is 12.4 Å². The minimum atomic E-state index is -0.595. The second-order valence-electron chi connectivity index (χ2n) is 5.39. The lowest BCUT2D eigenvalue weighted by atomic mass is 10.1. The number of hydrogen-bond donors (Lipinski definition) is 3. The van der Waals surface area contributed by atoms with Crippen LogP contribution in [0.15, 0.2) is 48.5 Å². The van der Waals surface area contributed by atoms with E-state index in [-0.39, 0.29) is 11.8 Å². The van der Waals surface area contributed by atoms with Gasteiger partial charge in [-0.05, 0) is 42.3 Å². The molecule has 0 radical (unpaired) electrons. The van der Waals surface area contributed by atoms with E-state index < -0.39 is 5.91 Å². The van der Waals surface area contributed by atoms with E-state index in [2.05, 4.69) is 10.6 Å². The smallest absolute Gasteiger partial charge is 0.251 e. The molecule has 6 nitrogen and oxygen atoms in total. The molecule has 0 fully saturated rings. The number of carbonyl (C=O) groups excluding carboxylic acids is 3. The van der Waals surface area contributed by atoms with Crippen LogP contribution in [0.25, 0.3) is 6.08 Å². The molecule has 2 aromatic carbocycles. The molecule has 4 N–H and O–H groups in total. The topological polar surface area (TPSA) is 101 Å². The largest absolute Gasteiger partial charge is 0.366 e. The van der Waals surface area contributed by atoms with Crippen molar-refractivity contribution in [3.8, 4) is 0 Å². The van der Waals surface area contributed by atoms with Gasteiger partial charge in [-0.2, -0.15) is 0 Å². The predicted molar refractivity (Wildman–Crippen MR) is 97.2 cm³/mol. The number of benzene rings is 2. The van der Waals surface area contributed by atoms with Crippen LogP contribution in [0, 0.1) is 6.92 Å². The first-order chi connectivity index (χ1) is 11.9. The highest BCUT2D eigenvalue weighted by atomic mass is 16.2. The van der Waals surface area contributed by atoms with E-state index in [1.54, 1.807) is 62.5 Å². The van der Waals surface area contributed by atoms with Crippen LogP contribution >= 0.6 is 0 Å². The lowest BCUT2D eigenvalue weighted by molar-refractivity contribution is -0.111. The van der Waals surface area contributed by atoms with Crippen molar-refractivity contribution in [1.82, 2.24) is 5.32 Å². The van der Waals surface area contributed by atoms with Crippen molar-refractivity contribution in [3.63, 3.8) is 0 Å². The van der Waals surface area contributed by atoms with Gasteiger partial charge < -0.3 is 16.4 Å². The maximum absolute atomic E-state index is 12.1. The zero-order valence-corrected chi connectivity index (χ0v) is 14.0. The zero-order chi connectivity index (χ0) is 18.4. The summed E-state index contributed by atoms with van der Waals surface area (Å²) >= 11 is 0. The first kappa shape index (κ1) is 17.9. The number of anilines is 1. The van der Waals surface area contributed by atoms with E-state index in [9.17, 15) is 14.4 Å². The quantitative estimate of drug-likeness (QED) is 0.728. The van der Waals surface area contributed by atoms with Crippen molar-refractivity contribution in [3.05, 3.63) is 70.8 Å². The molecule has 0 unspecified atom stereocenters. The Morgan fingerprint density at radius 3 is 2.32 bits per heavy atom. The summed E-state index contributed by atoms with van der Waals surface area (Å²) in [7, 11) is 1.56. The molecule has 128 valence electrons. The van der Waals surface area contributed by atoms with Gasteiger partial charge in [0.25, 0.3) is 11.8 Å². The summed E-state index contributed by atoms with van der Waals surface area (Å²) in [5.41, 5.74) is 8.02. The molecule has 3 amide bonds. The van der Waals surface area contributed by atoms with Gasteiger partial charge in [-0.1, -0.05) is 24.3 Å². The summed E-state index contributed by atoms with van der Waals surface area (Å²) in [4.78, 5) is 35.1. The Balaban J connectivity index is 2.10. The minimum Gasteiger partial charge on any atom is -0.366 e. The number of primary amides is 1. The Labute approximate surface area is 145 Å². The molecule has 0 spiro atoms. The van der Waals surface area contributed by atoms with Crippen LogP contribution < -0.4 is 16.4 Å². The van der Waals surface area contributed by atoms with Crippen LogP contribution in [-0.4, -0.2) is 24.8 Å². The summed E-state index contributed by atoms with van der Waals surface area (Å²) < 4.78 is 0. The second-order valence-corrected chi connectivity index (χ2v) is 5.39. The molecule has 0 saturated heterocycles. The molecule has 0 aliphatic rings. The summed E-state index contributed by atoms with van der Waals surface area (Å²) in [5, 5.41) is 5.19. The SMILES string of the molecule is CNC(=O)c1ccc(/C=C/C(=O)Nc2cccc(C)c2C(N)=O)cc1. The van der Waals surface area contributed by atoms with E-state index in [0.29, 0.717) is 22.4 Å².